The summed E-state index contributed by atoms with van der Waals surface area (Å²) in [7, 11) is 2.59. The zero-order valence-corrected chi connectivity index (χ0v) is 19.6. The van der Waals surface area contributed by atoms with Gasteiger partial charge in [0.25, 0.3) is 5.88 Å². The molecular weight excluding hydrogens is 510 g/mol. The maximum atomic E-state index is 14.3. The number of hydrogen-bond acceptors (Lipinski definition) is 6. The van der Waals surface area contributed by atoms with E-state index in [0.29, 0.717) is 5.65 Å². The number of amides is 2. The fourth-order valence-corrected chi connectivity index (χ4v) is 3.51. The molecule has 3 aromatic rings. The number of terminal acetylenes is 1. The van der Waals surface area contributed by atoms with Crippen molar-refractivity contribution in [1.29, 1.82) is 0 Å². The van der Waals surface area contributed by atoms with Crippen LogP contribution < -0.4 is 14.8 Å². The Labute approximate surface area is 206 Å². The van der Waals surface area contributed by atoms with E-state index in [4.69, 9.17) is 15.9 Å². The number of halogens is 6. The van der Waals surface area contributed by atoms with Gasteiger partial charge in [0.1, 0.15) is 5.75 Å². The van der Waals surface area contributed by atoms with Gasteiger partial charge in [-0.05, 0) is 13.0 Å². The molecule has 1 N–H and O–H groups in total. The summed E-state index contributed by atoms with van der Waals surface area (Å²) in [5.41, 5.74) is -0.199. The van der Waals surface area contributed by atoms with Gasteiger partial charge in [-0.3, -0.25) is 4.98 Å². The van der Waals surface area contributed by atoms with Crippen molar-refractivity contribution in [2.45, 2.75) is 31.4 Å². The van der Waals surface area contributed by atoms with E-state index in [-0.39, 0.29) is 27.8 Å². The molecule has 3 aromatic heterocycles. The van der Waals surface area contributed by atoms with Gasteiger partial charge in [-0.2, -0.15) is 26.3 Å². The Morgan fingerprint density at radius 2 is 1.89 bits per heavy atom. The number of carbonyl (C=O) groups is 1. The van der Waals surface area contributed by atoms with Crippen LogP contribution >= 0.6 is 0 Å². The largest absolute Gasteiger partial charge is 0.494 e. The molecule has 0 saturated heterocycles. The Morgan fingerprint density at radius 1 is 1.19 bits per heavy atom. The SMILES string of the molecule is C#CC(NC(=O)N(CC)[C@@H](c1cc(-c2cn3ccnc3c(OC)n2)c(OC)cn1)C(F)(F)F)C(F)(F)F. The van der Waals surface area contributed by atoms with Crippen molar-refractivity contribution in [3.8, 4) is 35.2 Å². The molecule has 9 nitrogen and oxygen atoms in total. The van der Waals surface area contributed by atoms with Gasteiger partial charge in [-0.1, -0.05) is 5.92 Å². The first kappa shape index (κ1) is 27.4. The van der Waals surface area contributed by atoms with E-state index in [9.17, 15) is 31.1 Å². The Bertz CT molecular complexity index is 1320. The first-order valence-electron chi connectivity index (χ1n) is 10.4. The lowest BCUT2D eigenvalue weighted by Crippen LogP contribution is -2.53. The number of fused-ring (bicyclic) bond motifs is 1. The third-order valence-electron chi connectivity index (χ3n) is 5.19. The molecule has 0 spiro atoms. The predicted octanol–water partition coefficient (Wildman–Crippen LogP) is 4.01. The number of alkyl halides is 6. The number of hydrogen-bond donors (Lipinski definition) is 1. The minimum absolute atomic E-state index is 0.0376. The summed E-state index contributed by atoms with van der Waals surface area (Å²) in [6, 6.07) is -6.21. The van der Waals surface area contributed by atoms with E-state index >= 15 is 0 Å². The lowest BCUT2D eigenvalue weighted by atomic mass is 10.1. The van der Waals surface area contributed by atoms with Crippen molar-refractivity contribution in [3.05, 3.63) is 36.5 Å². The topological polar surface area (TPSA) is 93.9 Å². The van der Waals surface area contributed by atoms with E-state index in [1.165, 1.54) is 49.2 Å². The van der Waals surface area contributed by atoms with Crippen LogP contribution in [0.1, 0.15) is 18.7 Å². The molecule has 0 aliphatic heterocycles. The molecule has 3 rings (SSSR count). The molecule has 198 valence electrons. The van der Waals surface area contributed by atoms with Crippen LogP contribution in [0.2, 0.25) is 0 Å². The van der Waals surface area contributed by atoms with Gasteiger partial charge in [-0.15, -0.1) is 6.42 Å². The smallest absolute Gasteiger partial charge is 0.420 e. The van der Waals surface area contributed by atoms with Gasteiger partial charge in [0.15, 0.2) is 17.7 Å². The summed E-state index contributed by atoms with van der Waals surface area (Å²) >= 11 is 0. The van der Waals surface area contributed by atoms with Gasteiger partial charge in [0, 0.05) is 30.7 Å². The third-order valence-corrected chi connectivity index (χ3v) is 5.19. The summed E-state index contributed by atoms with van der Waals surface area (Å²) in [6.07, 6.45) is 0.0810. The van der Waals surface area contributed by atoms with Crippen molar-refractivity contribution in [3.63, 3.8) is 0 Å². The number of ether oxygens (including phenoxy) is 2. The standard InChI is InChI=1S/C22H20F6N6O3/c1-5-16(21(23,24)25)32-20(35)34(6-2)17(22(26,27)28)13-9-12(15(36-3)10-30-13)14-11-33-8-7-29-18(33)19(31-14)37-4/h1,7-11,16-17H,6H2,2-4H3,(H,32,35)/t16?,17-/m0/s1. The fourth-order valence-electron chi connectivity index (χ4n) is 3.51. The van der Waals surface area contributed by atoms with Gasteiger partial charge >= 0.3 is 18.4 Å². The summed E-state index contributed by atoms with van der Waals surface area (Å²) in [5, 5.41) is 1.42. The van der Waals surface area contributed by atoms with Crippen LogP contribution in [0.3, 0.4) is 0 Å². The van der Waals surface area contributed by atoms with E-state index in [1.54, 1.807) is 6.20 Å². The summed E-state index contributed by atoms with van der Waals surface area (Å²) in [4.78, 5) is 24.9. The third kappa shape index (κ3) is 5.63. The molecule has 1 unspecified atom stereocenters. The van der Waals surface area contributed by atoms with Crippen molar-refractivity contribution < 1.29 is 40.6 Å². The summed E-state index contributed by atoms with van der Waals surface area (Å²) in [6.45, 7) is 0.544. The number of urea groups is 1. The lowest BCUT2D eigenvalue weighted by molar-refractivity contribution is -0.180. The van der Waals surface area contributed by atoms with Crippen molar-refractivity contribution in [1.82, 2.24) is 29.6 Å². The van der Waals surface area contributed by atoms with Gasteiger partial charge < -0.3 is 24.1 Å². The van der Waals surface area contributed by atoms with E-state index in [0.717, 1.165) is 12.3 Å². The number of aromatic nitrogens is 4. The highest BCUT2D eigenvalue weighted by Gasteiger charge is 2.49. The maximum absolute atomic E-state index is 14.3. The molecule has 15 heteroatoms. The van der Waals surface area contributed by atoms with E-state index < -0.39 is 42.7 Å². The van der Waals surface area contributed by atoms with Crippen LogP contribution in [-0.4, -0.2) is 69.4 Å². The number of imidazole rings is 1. The van der Waals surface area contributed by atoms with Crippen LogP contribution in [0.25, 0.3) is 16.9 Å². The number of pyridine rings is 1. The van der Waals surface area contributed by atoms with Crippen LogP contribution in [0.5, 0.6) is 11.6 Å². The Hall–Kier alpha value is -4.22. The fraction of sp³-hybridized carbons (Fsp3) is 0.364. The maximum Gasteiger partial charge on any atom is 0.420 e. The average molecular weight is 530 g/mol. The average Bonchev–Trinajstić information content (AvgIpc) is 3.32. The molecular formula is C22H20F6N6O3. The zero-order chi connectivity index (χ0) is 27.5. The second kappa shape index (κ2) is 10.4. The van der Waals surface area contributed by atoms with Gasteiger partial charge in [0.05, 0.1) is 31.8 Å². The van der Waals surface area contributed by atoms with Crippen molar-refractivity contribution >= 4 is 11.7 Å². The first-order valence-corrected chi connectivity index (χ1v) is 10.4. The van der Waals surface area contributed by atoms with E-state index in [2.05, 4.69) is 15.0 Å². The van der Waals surface area contributed by atoms with Crippen molar-refractivity contribution in [2.24, 2.45) is 0 Å². The molecule has 0 aliphatic rings. The van der Waals surface area contributed by atoms with Crippen LogP contribution in [0.15, 0.2) is 30.9 Å². The highest BCUT2D eigenvalue weighted by molar-refractivity contribution is 5.76. The second-order valence-electron chi connectivity index (χ2n) is 7.42. The monoisotopic (exact) mass is 530 g/mol. The Balaban J connectivity index is 2.13. The minimum atomic E-state index is -5.13. The zero-order valence-electron chi connectivity index (χ0n) is 19.6. The molecule has 0 fully saturated rings. The molecule has 37 heavy (non-hydrogen) atoms. The number of carbonyl (C=O) groups excluding carboxylic acids is 1. The van der Waals surface area contributed by atoms with Crippen molar-refractivity contribution in [2.75, 3.05) is 20.8 Å². The first-order chi connectivity index (χ1) is 17.3. The number of methoxy groups -OCH3 is 2. The second-order valence-corrected chi connectivity index (χ2v) is 7.42. The molecule has 0 saturated carbocycles. The van der Waals surface area contributed by atoms with Gasteiger partial charge in [-0.25, -0.2) is 14.8 Å². The number of nitrogens with zero attached hydrogens (tertiary/aromatic N) is 5. The van der Waals surface area contributed by atoms with E-state index in [1.807, 2.05) is 0 Å². The molecule has 0 aromatic carbocycles. The minimum Gasteiger partial charge on any atom is -0.494 e. The molecule has 0 bridgehead atoms. The normalized spacial score (nSPS) is 13.5. The van der Waals surface area contributed by atoms with Crippen LogP contribution in [0.4, 0.5) is 31.1 Å². The number of rotatable bonds is 7. The van der Waals surface area contributed by atoms with Gasteiger partial charge in [0.2, 0.25) is 0 Å². The van der Waals surface area contributed by atoms with Crippen LogP contribution in [-0.2, 0) is 0 Å². The molecule has 2 amide bonds. The Morgan fingerprint density at radius 3 is 2.43 bits per heavy atom. The highest BCUT2D eigenvalue weighted by Crippen LogP contribution is 2.40. The highest BCUT2D eigenvalue weighted by atomic mass is 19.4. The molecule has 2 atom stereocenters. The lowest BCUT2D eigenvalue weighted by Gasteiger charge is -2.33. The summed E-state index contributed by atoms with van der Waals surface area (Å²) < 4.78 is 93.8. The number of nitrogens with one attached hydrogen (secondary N) is 1. The quantitative estimate of drug-likeness (QED) is 0.367. The molecule has 0 aliphatic carbocycles. The molecule has 0 radical (unpaired) electrons. The van der Waals surface area contributed by atoms with Crippen LogP contribution in [0, 0.1) is 12.3 Å². The Kier molecular flexibility index (Phi) is 7.70. The molecule has 3 heterocycles. The summed E-state index contributed by atoms with van der Waals surface area (Å²) in [5.74, 6) is 1.42. The predicted molar refractivity (Wildman–Crippen MR) is 118 cm³/mol.